The van der Waals surface area contributed by atoms with E-state index >= 15 is 0 Å². The highest BCUT2D eigenvalue weighted by Gasteiger charge is 2.29. The van der Waals surface area contributed by atoms with Crippen molar-refractivity contribution in [2.45, 2.75) is 43.2 Å². The van der Waals surface area contributed by atoms with Gasteiger partial charge >= 0.3 is 0 Å². The van der Waals surface area contributed by atoms with Crippen LogP contribution in [0.1, 0.15) is 26.7 Å². The summed E-state index contributed by atoms with van der Waals surface area (Å²) in [5.74, 6) is 0. The fourth-order valence-electron chi connectivity index (χ4n) is 2.53. The number of hydrogen-bond acceptors (Lipinski definition) is 5. The van der Waals surface area contributed by atoms with Gasteiger partial charge in [-0.3, -0.25) is 0 Å². The molecule has 0 aromatic heterocycles. The van der Waals surface area contributed by atoms with E-state index in [9.17, 15) is 8.42 Å². The highest BCUT2D eigenvalue weighted by molar-refractivity contribution is 7.89. The van der Waals surface area contributed by atoms with Crippen molar-refractivity contribution >= 4 is 21.4 Å². The second kappa shape index (κ2) is 5.82. The average Bonchev–Trinajstić information content (AvgIpc) is 2.40. The molecule has 1 aromatic carbocycles. The Hall–Kier alpha value is -1.31. The molecule has 1 unspecified atom stereocenters. The number of nitrogens with one attached hydrogen (secondary N) is 2. The number of nitrogen functional groups attached to an aromatic ring is 1. The molecule has 1 atom stereocenters. The molecular weight excluding hydrogens is 290 g/mol. The van der Waals surface area contributed by atoms with Crippen LogP contribution in [-0.4, -0.2) is 33.7 Å². The van der Waals surface area contributed by atoms with Gasteiger partial charge in [0, 0.05) is 12.6 Å². The van der Waals surface area contributed by atoms with Gasteiger partial charge in [0.2, 0.25) is 10.0 Å². The van der Waals surface area contributed by atoms with E-state index in [0.29, 0.717) is 12.3 Å². The predicted octanol–water partition coefficient (Wildman–Crippen LogP) is 1.55. The van der Waals surface area contributed by atoms with Crippen molar-refractivity contribution in [2.24, 2.45) is 0 Å². The standard InChI is InChI=1S/C14H23N3O3S/c1-14(2)9-10(6-7-20-14)17-13-5-4-11(8-12(13)15)21(18,19)16-3/h4-5,8,10,16-17H,6-7,9,15H2,1-3H3. The van der Waals surface area contributed by atoms with Gasteiger partial charge in [-0.1, -0.05) is 0 Å². The number of benzene rings is 1. The van der Waals surface area contributed by atoms with Gasteiger partial charge in [0.15, 0.2) is 0 Å². The van der Waals surface area contributed by atoms with Gasteiger partial charge in [-0.25, -0.2) is 13.1 Å². The van der Waals surface area contributed by atoms with Crippen molar-refractivity contribution in [3.63, 3.8) is 0 Å². The molecule has 0 radical (unpaired) electrons. The first-order chi connectivity index (χ1) is 9.73. The molecule has 0 bridgehead atoms. The van der Waals surface area contributed by atoms with Gasteiger partial charge in [-0.2, -0.15) is 0 Å². The Morgan fingerprint density at radius 3 is 2.67 bits per heavy atom. The minimum absolute atomic E-state index is 0.153. The van der Waals surface area contributed by atoms with Crippen LogP contribution in [0.4, 0.5) is 11.4 Å². The Labute approximate surface area is 126 Å². The Balaban J connectivity index is 2.15. The predicted molar refractivity (Wildman–Crippen MR) is 83.8 cm³/mol. The van der Waals surface area contributed by atoms with Gasteiger partial charge in [-0.15, -0.1) is 0 Å². The van der Waals surface area contributed by atoms with Crippen LogP contribution >= 0.6 is 0 Å². The van der Waals surface area contributed by atoms with Crippen LogP contribution in [0, 0.1) is 0 Å². The largest absolute Gasteiger partial charge is 0.397 e. The van der Waals surface area contributed by atoms with Crippen molar-refractivity contribution in [2.75, 3.05) is 24.7 Å². The summed E-state index contributed by atoms with van der Waals surface area (Å²) in [7, 11) is -2.09. The molecule has 2 rings (SSSR count). The Kier molecular flexibility index (Phi) is 4.46. The summed E-state index contributed by atoms with van der Waals surface area (Å²) in [6, 6.07) is 5.00. The van der Waals surface area contributed by atoms with E-state index in [1.54, 1.807) is 12.1 Å². The van der Waals surface area contributed by atoms with E-state index in [1.165, 1.54) is 13.1 Å². The van der Waals surface area contributed by atoms with Crippen LogP contribution in [-0.2, 0) is 14.8 Å². The zero-order chi connectivity index (χ0) is 15.7. The van der Waals surface area contributed by atoms with Gasteiger partial charge in [0.25, 0.3) is 0 Å². The molecule has 1 aliphatic rings. The summed E-state index contributed by atoms with van der Waals surface area (Å²) in [5.41, 5.74) is 7.00. The van der Waals surface area contributed by atoms with Gasteiger partial charge in [-0.05, 0) is 51.9 Å². The molecule has 1 saturated heterocycles. The van der Waals surface area contributed by atoms with Crippen LogP contribution in [0.2, 0.25) is 0 Å². The smallest absolute Gasteiger partial charge is 0.240 e. The summed E-state index contributed by atoms with van der Waals surface area (Å²) in [4.78, 5) is 0.167. The quantitative estimate of drug-likeness (QED) is 0.733. The molecule has 0 aliphatic carbocycles. The van der Waals surface area contributed by atoms with Crippen molar-refractivity contribution in [3.8, 4) is 0 Å². The summed E-state index contributed by atoms with van der Waals surface area (Å²) in [6.45, 7) is 4.83. The fraction of sp³-hybridized carbons (Fsp3) is 0.571. The Morgan fingerprint density at radius 2 is 2.10 bits per heavy atom. The summed E-state index contributed by atoms with van der Waals surface area (Å²) < 4.78 is 31.4. The van der Waals surface area contributed by atoms with E-state index < -0.39 is 10.0 Å². The number of anilines is 2. The van der Waals surface area contributed by atoms with E-state index in [-0.39, 0.29) is 16.5 Å². The minimum atomic E-state index is -3.47. The highest BCUT2D eigenvalue weighted by atomic mass is 32.2. The lowest BCUT2D eigenvalue weighted by molar-refractivity contribution is -0.0553. The third-order valence-corrected chi connectivity index (χ3v) is 5.07. The van der Waals surface area contributed by atoms with E-state index in [2.05, 4.69) is 23.9 Å². The average molecular weight is 313 g/mol. The normalized spacial score (nSPS) is 22.0. The molecule has 1 aliphatic heterocycles. The number of hydrogen-bond donors (Lipinski definition) is 3. The summed E-state index contributed by atoms with van der Waals surface area (Å²) in [5, 5.41) is 3.38. The van der Waals surface area contributed by atoms with Crippen LogP contribution < -0.4 is 15.8 Å². The first kappa shape index (κ1) is 16.1. The SMILES string of the molecule is CNS(=O)(=O)c1ccc(NC2CCOC(C)(C)C2)c(N)c1. The molecule has 1 aromatic rings. The maximum absolute atomic E-state index is 11.7. The minimum Gasteiger partial charge on any atom is -0.397 e. The molecule has 6 nitrogen and oxygen atoms in total. The molecule has 0 amide bonds. The van der Waals surface area contributed by atoms with E-state index in [4.69, 9.17) is 10.5 Å². The van der Waals surface area contributed by atoms with Gasteiger partial charge in [0.05, 0.1) is 21.9 Å². The van der Waals surface area contributed by atoms with Gasteiger partial charge < -0.3 is 15.8 Å². The molecule has 21 heavy (non-hydrogen) atoms. The number of sulfonamides is 1. The first-order valence-corrected chi connectivity index (χ1v) is 8.45. The second-order valence-corrected chi connectivity index (χ2v) is 7.79. The third kappa shape index (κ3) is 3.87. The maximum atomic E-state index is 11.7. The summed E-state index contributed by atoms with van der Waals surface area (Å²) in [6.07, 6.45) is 1.78. The fourth-order valence-corrected chi connectivity index (χ4v) is 3.30. The third-order valence-electron chi connectivity index (χ3n) is 3.66. The zero-order valence-electron chi connectivity index (χ0n) is 12.6. The molecular formula is C14H23N3O3S. The molecule has 4 N–H and O–H groups in total. The van der Waals surface area contributed by atoms with Crippen molar-refractivity contribution in [1.82, 2.24) is 4.72 Å². The van der Waals surface area contributed by atoms with Crippen LogP contribution in [0.15, 0.2) is 23.1 Å². The van der Waals surface area contributed by atoms with Crippen molar-refractivity contribution in [1.29, 1.82) is 0 Å². The summed E-state index contributed by atoms with van der Waals surface area (Å²) >= 11 is 0. The zero-order valence-corrected chi connectivity index (χ0v) is 13.5. The molecule has 7 heteroatoms. The monoisotopic (exact) mass is 313 g/mol. The van der Waals surface area contributed by atoms with Crippen LogP contribution in [0.5, 0.6) is 0 Å². The van der Waals surface area contributed by atoms with E-state index in [1.807, 2.05) is 0 Å². The first-order valence-electron chi connectivity index (χ1n) is 6.97. The Morgan fingerprint density at radius 1 is 1.38 bits per heavy atom. The second-order valence-electron chi connectivity index (χ2n) is 5.90. The van der Waals surface area contributed by atoms with Gasteiger partial charge in [0.1, 0.15) is 0 Å². The number of ether oxygens (including phenoxy) is 1. The lowest BCUT2D eigenvalue weighted by atomic mass is 9.94. The molecule has 1 heterocycles. The molecule has 118 valence electrons. The molecule has 1 fully saturated rings. The van der Waals surface area contributed by atoms with Crippen LogP contribution in [0.3, 0.4) is 0 Å². The Bertz CT molecular complexity index is 614. The molecule has 0 saturated carbocycles. The topological polar surface area (TPSA) is 93.5 Å². The lowest BCUT2D eigenvalue weighted by Crippen LogP contribution is -2.40. The lowest BCUT2D eigenvalue weighted by Gasteiger charge is -2.36. The van der Waals surface area contributed by atoms with Crippen LogP contribution in [0.25, 0.3) is 0 Å². The van der Waals surface area contributed by atoms with E-state index in [0.717, 1.165) is 18.5 Å². The maximum Gasteiger partial charge on any atom is 0.240 e. The molecule has 0 spiro atoms. The number of nitrogens with two attached hydrogens (primary N) is 1. The van der Waals surface area contributed by atoms with Crippen molar-refractivity contribution in [3.05, 3.63) is 18.2 Å². The van der Waals surface area contributed by atoms with Crippen molar-refractivity contribution < 1.29 is 13.2 Å². The highest BCUT2D eigenvalue weighted by Crippen LogP contribution is 2.29. The number of rotatable bonds is 4.